The Morgan fingerprint density at radius 1 is 1.47 bits per heavy atom. The van der Waals surface area contributed by atoms with Crippen molar-refractivity contribution < 1.29 is 13.5 Å². The number of H-pyrrole nitrogens is 1. The van der Waals surface area contributed by atoms with Crippen molar-refractivity contribution >= 4 is 49.9 Å². The molecule has 0 fully saturated rings. The van der Waals surface area contributed by atoms with E-state index in [-0.39, 0.29) is 16.3 Å². The molecule has 0 aliphatic rings. The molecule has 0 atom stereocenters. The molecule has 0 spiro atoms. The van der Waals surface area contributed by atoms with Crippen molar-refractivity contribution in [2.75, 3.05) is 4.72 Å². The molecule has 0 radical (unpaired) electrons. The molecule has 2 aromatic rings. The van der Waals surface area contributed by atoms with Gasteiger partial charge in [0.2, 0.25) is 0 Å². The number of benzene rings is 1. The molecule has 9 heteroatoms. The van der Waals surface area contributed by atoms with Gasteiger partial charge in [0, 0.05) is 9.13 Å². The van der Waals surface area contributed by atoms with Gasteiger partial charge in [-0.05, 0) is 40.8 Å². The van der Waals surface area contributed by atoms with Crippen LogP contribution in [-0.4, -0.2) is 23.7 Å². The summed E-state index contributed by atoms with van der Waals surface area (Å²) in [5.74, 6) is 0. The van der Waals surface area contributed by atoms with E-state index in [0.29, 0.717) is 5.02 Å². The summed E-state index contributed by atoms with van der Waals surface area (Å²) in [6.07, 6.45) is 1.25. The third kappa shape index (κ3) is 3.19. The fraction of sp³-hybridized carbons (Fsp3) is 0.100. The van der Waals surface area contributed by atoms with Gasteiger partial charge >= 0.3 is 0 Å². The van der Waals surface area contributed by atoms with Crippen LogP contribution in [0.3, 0.4) is 0 Å². The summed E-state index contributed by atoms with van der Waals surface area (Å²) in [6, 6.07) is 4.93. The molecule has 19 heavy (non-hydrogen) atoms. The van der Waals surface area contributed by atoms with E-state index >= 15 is 0 Å². The van der Waals surface area contributed by atoms with Crippen LogP contribution in [-0.2, 0) is 16.6 Å². The summed E-state index contributed by atoms with van der Waals surface area (Å²) in [5.41, 5.74) is 0.453. The first kappa shape index (κ1) is 14.6. The van der Waals surface area contributed by atoms with E-state index < -0.39 is 16.6 Å². The van der Waals surface area contributed by atoms with E-state index in [1.807, 2.05) is 0 Å². The topological polar surface area (TPSA) is 95.1 Å². The highest BCUT2D eigenvalue weighted by Crippen LogP contribution is 2.26. The van der Waals surface area contributed by atoms with Gasteiger partial charge in [-0.25, -0.2) is 0 Å². The van der Waals surface area contributed by atoms with Crippen molar-refractivity contribution in [3.8, 4) is 0 Å². The zero-order valence-electron chi connectivity index (χ0n) is 9.39. The lowest BCUT2D eigenvalue weighted by Gasteiger charge is -2.09. The quantitative estimate of drug-likeness (QED) is 0.668. The summed E-state index contributed by atoms with van der Waals surface area (Å²) in [4.78, 5) is 0. The van der Waals surface area contributed by atoms with Crippen molar-refractivity contribution in [2.45, 2.75) is 11.6 Å². The lowest BCUT2D eigenvalue weighted by Crippen LogP contribution is -2.15. The van der Waals surface area contributed by atoms with Crippen molar-refractivity contribution in [3.05, 3.63) is 38.6 Å². The van der Waals surface area contributed by atoms with E-state index in [2.05, 4.69) is 37.5 Å². The predicted octanol–water partition coefficient (Wildman–Crippen LogP) is 1.96. The van der Waals surface area contributed by atoms with Gasteiger partial charge in [-0.15, -0.1) is 0 Å². The first-order chi connectivity index (χ1) is 8.94. The minimum Gasteiger partial charge on any atom is -0.392 e. The zero-order valence-corrected chi connectivity index (χ0v) is 13.1. The number of sulfonamides is 1. The third-order valence-corrected chi connectivity index (χ3v) is 4.66. The summed E-state index contributed by atoms with van der Waals surface area (Å²) in [6.45, 7) is -0.423. The maximum absolute atomic E-state index is 12.1. The lowest BCUT2D eigenvalue weighted by atomic mass is 10.3. The molecule has 2 rings (SSSR count). The number of aliphatic hydroxyl groups is 1. The number of aliphatic hydroxyl groups excluding tert-OH is 1. The van der Waals surface area contributed by atoms with Gasteiger partial charge in [0.25, 0.3) is 10.0 Å². The van der Waals surface area contributed by atoms with E-state index in [1.165, 1.54) is 6.20 Å². The Balaban J connectivity index is 2.37. The van der Waals surface area contributed by atoms with Crippen molar-refractivity contribution in [3.63, 3.8) is 0 Å². The summed E-state index contributed by atoms with van der Waals surface area (Å²) < 4.78 is 27.5. The number of rotatable bonds is 4. The maximum Gasteiger partial charge on any atom is 0.279 e. The van der Waals surface area contributed by atoms with Gasteiger partial charge in [0.15, 0.2) is 5.03 Å². The Morgan fingerprint density at radius 2 is 2.21 bits per heavy atom. The van der Waals surface area contributed by atoms with Crippen LogP contribution in [0.1, 0.15) is 5.56 Å². The average molecular weight is 414 g/mol. The number of anilines is 1. The molecular weight excluding hydrogens is 405 g/mol. The van der Waals surface area contributed by atoms with Crippen LogP contribution >= 0.6 is 34.2 Å². The normalized spacial score (nSPS) is 11.5. The minimum absolute atomic E-state index is 0.176. The number of aromatic nitrogens is 2. The fourth-order valence-corrected chi connectivity index (χ4v) is 3.58. The van der Waals surface area contributed by atoms with Crippen molar-refractivity contribution in [1.29, 1.82) is 0 Å². The van der Waals surface area contributed by atoms with E-state index in [4.69, 9.17) is 16.7 Å². The molecular formula is C10H9ClIN3O3S. The Bertz CT molecular complexity index is 702. The van der Waals surface area contributed by atoms with Gasteiger partial charge in [-0.2, -0.15) is 13.5 Å². The lowest BCUT2D eigenvalue weighted by molar-refractivity contribution is 0.278. The zero-order chi connectivity index (χ0) is 14.0. The van der Waals surface area contributed by atoms with Crippen molar-refractivity contribution in [1.82, 2.24) is 10.2 Å². The largest absolute Gasteiger partial charge is 0.392 e. The highest BCUT2D eigenvalue weighted by atomic mass is 127. The minimum atomic E-state index is -3.86. The van der Waals surface area contributed by atoms with Crippen LogP contribution in [0.2, 0.25) is 5.02 Å². The smallest absolute Gasteiger partial charge is 0.279 e. The monoisotopic (exact) mass is 413 g/mol. The highest BCUT2D eigenvalue weighted by Gasteiger charge is 2.21. The van der Waals surface area contributed by atoms with Crippen LogP contribution in [0.25, 0.3) is 0 Å². The van der Waals surface area contributed by atoms with Crippen LogP contribution in [0.15, 0.2) is 29.4 Å². The molecule has 0 aliphatic carbocycles. The molecule has 1 aromatic carbocycles. The number of nitrogens with zero attached hydrogens (tertiary/aromatic N) is 1. The van der Waals surface area contributed by atoms with Gasteiger partial charge in [0.1, 0.15) is 0 Å². The fourth-order valence-electron chi connectivity index (χ4n) is 1.41. The van der Waals surface area contributed by atoms with E-state index in [0.717, 1.165) is 3.57 Å². The number of hydrogen-bond donors (Lipinski definition) is 3. The molecule has 0 amide bonds. The van der Waals surface area contributed by atoms with Crippen LogP contribution in [0, 0.1) is 3.57 Å². The van der Waals surface area contributed by atoms with Gasteiger partial charge < -0.3 is 5.11 Å². The Kier molecular flexibility index (Phi) is 4.33. The molecule has 0 saturated carbocycles. The molecule has 6 nitrogen and oxygen atoms in total. The molecule has 0 saturated heterocycles. The molecule has 0 unspecified atom stereocenters. The molecule has 0 aliphatic heterocycles. The second kappa shape index (κ2) is 5.65. The standard InChI is InChI=1S/C10H9ClIN3O3S/c11-8-3-7(12)1-2-9(8)15-19(17,18)10-6(5-16)4-13-14-10/h1-4,15-16H,5H2,(H,13,14). The Hall–Kier alpha value is -0.840. The van der Waals surface area contributed by atoms with E-state index in [1.54, 1.807) is 18.2 Å². The molecule has 0 bridgehead atoms. The average Bonchev–Trinajstić information content (AvgIpc) is 2.82. The van der Waals surface area contributed by atoms with E-state index in [9.17, 15) is 8.42 Å². The number of nitrogens with one attached hydrogen (secondary N) is 2. The number of hydrogen-bond acceptors (Lipinski definition) is 4. The third-order valence-electron chi connectivity index (χ3n) is 2.29. The van der Waals surface area contributed by atoms with Gasteiger partial charge in [0.05, 0.1) is 23.5 Å². The SMILES string of the molecule is O=S(=O)(Nc1ccc(I)cc1Cl)c1[nH]ncc1CO. The number of halogens is 2. The molecule has 1 heterocycles. The van der Waals surface area contributed by atoms with Gasteiger partial charge in [-0.3, -0.25) is 9.82 Å². The number of aromatic amines is 1. The highest BCUT2D eigenvalue weighted by molar-refractivity contribution is 14.1. The van der Waals surface area contributed by atoms with Crippen molar-refractivity contribution in [2.24, 2.45) is 0 Å². The first-order valence-electron chi connectivity index (χ1n) is 5.05. The summed E-state index contributed by atoms with van der Waals surface area (Å²) in [5, 5.41) is 15.1. The van der Waals surface area contributed by atoms with Crippen LogP contribution < -0.4 is 4.72 Å². The predicted molar refractivity (Wildman–Crippen MR) is 79.5 cm³/mol. The Morgan fingerprint density at radius 3 is 2.84 bits per heavy atom. The first-order valence-corrected chi connectivity index (χ1v) is 7.99. The summed E-state index contributed by atoms with van der Waals surface area (Å²) >= 11 is 8.03. The molecule has 1 aromatic heterocycles. The molecule has 3 N–H and O–H groups in total. The second-order valence-corrected chi connectivity index (χ2v) is 6.88. The van der Waals surface area contributed by atoms with Gasteiger partial charge in [-0.1, -0.05) is 11.6 Å². The maximum atomic E-state index is 12.1. The van der Waals surface area contributed by atoms with Crippen LogP contribution in [0.4, 0.5) is 5.69 Å². The summed E-state index contributed by atoms with van der Waals surface area (Å²) in [7, 11) is -3.86. The molecule has 102 valence electrons. The van der Waals surface area contributed by atoms with Crippen LogP contribution in [0.5, 0.6) is 0 Å². The second-order valence-electron chi connectivity index (χ2n) is 3.61. The Labute approximate surface area is 128 Å².